The predicted octanol–water partition coefficient (Wildman–Crippen LogP) is 3.55. The first-order valence-corrected chi connectivity index (χ1v) is 7.61. The maximum Gasteiger partial charge on any atom is 0.124 e. The van der Waals surface area contributed by atoms with Crippen LogP contribution in [-0.4, -0.2) is 22.0 Å². The van der Waals surface area contributed by atoms with Gasteiger partial charge in [0.05, 0.1) is 10.6 Å². The zero-order valence-corrected chi connectivity index (χ0v) is 12.8. The third-order valence-corrected chi connectivity index (χ3v) is 4.60. The highest BCUT2D eigenvalue weighted by molar-refractivity contribution is 7.15. The highest BCUT2D eigenvalue weighted by Crippen LogP contribution is 2.36. The van der Waals surface area contributed by atoms with Crippen LogP contribution in [0.3, 0.4) is 0 Å². The second-order valence-corrected chi connectivity index (χ2v) is 5.72. The highest BCUT2D eigenvalue weighted by Gasteiger charge is 2.18. The Kier molecular flexibility index (Phi) is 4.03. The summed E-state index contributed by atoms with van der Waals surface area (Å²) in [5.74, 6) is 0. The molecule has 0 spiro atoms. The summed E-state index contributed by atoms with van der Waals surface area (Å²) in [6.45, 7) is 2.14. The number of rotatable bonds is 4. The van der Waals surface area contributed by atoms with Crippen LogP contribution in [0, 0.1) is 0 Å². The molecule has 1 unspecified atom stereocenters. The molecule has 1 N–H and O–H groups in total. The quantitative estimate of drug-likeness (QED) is 0.800. The van der Waals surface area contributed by atoms with Gasteiger partial charge in [0.1, 0.15) is 10.7 Å². The van der Waals surface area contributed by atoms with Crippen molar-refractivity contribution in [2.75, 3.05) is 7.05 Å². The van der Waals surface area contributed by atoms with Crippen molar-refractivity contribution in [1.82, 2.24) is 20.3 Å². The Balaban J connectivity index is 2.12. The average molecular weight is 296 g/mol. The van der Waals surface area contributed by atoms with Gasteiger partial charge in [0.15, 0.2) is 0 Å². The van der Waals surface area contributed by atoms with Crippen LogP contribution in [0.5, 0.6) is 0 Å². The van der Waals surface area contributed by atoms with E-state index in [0.29, 0.717) is 0 Å². The molecule has 0 fully saturated rings. The highest BCUT2D eigenvalue weighted by atomic mass is 32.1. The van der Waals surface area contributed by atoms with Gasteiger partial charge < -0.3 is 5.32 Å². The second-order valence-electron chi connectivity index (χ2n) is 4.69. The number of thiazole rings is 1. The average Bonchev–Trinajstić information content (AvgIpc) is 3.01. The van der Waals surface area contributed by atoms with Crippen molar-refractivity contribution in [2.24, 2.45) is 0 Å². The summed E-state index contributed by atoms with van der Waals surface area (Å²) in [5.41, 5.74) is 2.95. The molecular formula is C16H16N4S. The fourth-order valence-electron chi connectivity index (χ4n) is 2.06. The van der Waals surface area contributed by atoms with Crippen LogP contribution in [0.15, 0.2) is 48.9 Å². The van der Waals surface area contributed by atoms with Gasteiger partial charge in [-0.1, -0.05) is 6.07 Å². The molecule has 3 rings (SSSR count). The van der Waals surface area contributed by atoms with E-state index < -0.39 is 0 Å². The standard InChI is InChI=1S/C16H16N4S/c1-11(17-2)15-14(13-5-3-4-8-19-13)20-16(21-15)12-6-9-18-10-7-12/h3-11,17H,1-2H3. The topological polar surface area (TPSA) is 50.7 Å². The van der Waals surface area contributed by atoms with E-state index in [9.17, 15) is 0 Å². The third-order valence-electron chi connectivity index (χ3n) is 3.31. The molecule has 106 valence electrons. The monoisotopic (exact) mass is 296 g/mol. The molecule has 0 aliphatic rings. The zero-order chi connectivity index (χ0) is 14.7. The van der Waals surface area contributed by atoms with Gasteiger partial charge in [-0.25, -0.2) is 4.98 Å². The number of nitrogens with one attached hydrogen (secondary N) is 1. The Morgan fingerprint density at radius 3 is 2.57 bits per heavy atom. The fourth-order valence-corrected chi connectivity index (χ4v) is 3.20. The molecule has 5 heteroatoms. The summed E-state index contributed by atoms with van der Waals surface area (Å²) in [6, 6.07) is 10.1. The van der Waals surface area contributed by atoms with Gasteiger partial charge in [-0.15, -0.1) is 11.3 Å². The molecule has 21 heavy (non-hydrogen) atoms. The largest absolute Gasteiger partial charge is 0.312 e. The third kappa shape index (κ3) is 2.84. The Morgan fingerprint density at radius 1 is 1.10 bits per heavy atom. The Labute approximate surface area is 127 Å². The molecular weight excluding hydrogens is 280 g/mol. The van der Waals surface area contributed by atoms with Gasteiger partial charge in [0.25, 0.3) is 0 Å². The number of pyridine rings is 2. The van der Waals surface area contributed by atoms with E-state index in [2.05, 4.69) is 22.2 Å². The van der Waals surface area contributed by atoms with Crippen LogP contribution in [0.25, 0.3) is 22.0 Å². The summed E-state index contributed by atoms with van der Waals surface area (Å²) in [4.78, 5) is 14.5. The molecule has 4 nitrogen and oxygen atoms in total. The molecule has 3 aromatic rings. The van der Waals surface area contributed by atoms with E-state index in [1.807, 2.05) is 37.4 Å². The zero-order valence-electron chi connectivity index (χ0n) is 11.9. The van der Waals surface area contributed by atoms with Crippen LogP contribution in [-0.2, 0) is 0 Å². The molecule has 3 heterocycles. The van der Waals surface area contributed by atoms with Crippen molar-refractivity contribution < 1.29 is 0 Å². The molecule has 1 atom stereocenters. The predicted molar refractivity (Wildman–Crippen MR) is 86.1 cm³/mol. The van der Waals surface area contributed by atoms with Gasteiger partial charge in [0, 0.05) is 30.2 Å². The lowest BCUT2D eigenvalue weighted by molar-refractivity contribution is 0.664. The summed E-state index contributed by atoms with van der Waals surface area (Å²) in [6.07, 6.45) is 5.38. The van der Waals surface area contributed by atoms with E-state index in [1.54, 1.807) is 29.9 Å². The van der Waals surface area contributed by atoms with E-state index >= 15 is 0 Å². The van der Waals surface area contributed by atoms with Gasteiger partial charge >= 0.3 is 0 Å². The molecule has 0 saturated carbocycles. The first-order chi connectivity index (χ1) is 10.3. The lowest BCUT2D eigenvalue weighted by atomic mass is 10.2. The van der Waals surface area contributed by atoms with Gasteiger partial charge in [-0.3, -0.25) is 9.97 Å². The molecule has 0 aromatic carbocycles. The van der Waals surface area contributed by atoms with Crippen molar-refractivity contribution in [1.29, 1.82) is 0 Å². The smallest absolute Gasteiger partial charge is 0.124 e. The maximum atomic E-state index is 4.81. The Morgan fingerprint density at radius 2 is 1.90 bits per heavy atom. The fraction of sp³-hybridized carbons (Fsp3) is 0.188. The molecule has 0 bridgehead atoms. The lowest BCUT2D eigenvalue weighted by Crippen LogP contribution is -2.11. The molecule has 0 aliphatic carbocycles. The molecule has 0 aliphatic heterocycles. The molecule has 0 amide bonds. The number of aromatic nitrogens is 3. The van der Waals surface area contributed by atoms with Crippen molar-refractivity contribution in [2.45, 2.75) is 13.0 Å². The molecule has 3 aromatic heterocycles. The van der Waals surface area contributed by atoms with Crippen molar-refractivity contribution in [3.63, 3.8) is 0 Å². The lowest BCUT2D eigenvalue weighted by Gasteiger charge is -2.09. The van der Waals surface area contributed by atoms with Crippen LogP contribution in [0.4, 0.5) is 0 Å². The van der Waals surface area contributed by atoms with Gasteiger partial charge in [-0.2, -0.15) is 0 Å². The normalized spacial score (nSPS) is 12.3. The van der Waals surface area contributed by atoms with Gasteiger partial charge in [0.2, 0.25) is 0 Å². The Hall–Kier alpha value is -2.11. The number of hydrogen-bond donors (Lipinski definition) is 1. The van der Waals surface area contributed by atoms with Crippen LogP contribution in [0.2, 0.25) is 0 Å². The SMILES string of the molecule is CNC(C)c1sc(-c2ccncc2)nc1-c1ccccn1. The summed E-state index contributed by atoms with van der Waals surface area (Å²) in [5, 5.41) is 4.28. The minimum Gasteiger partial charge on any atom is -0.312 e. The number of nitrogens with zero attached hydrogens (tertiary/aromatic N) is 3. The summed E-state index contributed by atoms with van der Waals surface area (Å²) < 4.78 is 0. The molecule has 0 radical (unpaired) electrons. The molecule has 0 saturated heterocycles. The van der Waals surface area contributed by atoms with E-state index in [4.69, 9.17) is 4.98 Å². The van der Waals surface area contributed by atoms with Crippen LogP contribution < -0.4 is 5.32 Å². The number of hydrogen-bond acceptors (Lipinski definition) is 5. The van der Waals surface area contributed by atoms with Crippen LogP contribution in [0.1, 0.15) is 17.8 Å². The van der Waals surface area contributed by atoms with Crippen molar-refractivity contribution in [3.05, 3.63) is 53.8 Å². The van der Waals surface area contributed by atoms with Gasteiger partial charge in [-0.05, 0) is 38.2 Å². The van der Waals surface area contributed by atoms with Crippen molar-refractivity contribution in [3.8, 4) is 22.0 Å². The second kappa shape index (κ2) is 6.11. The first-order valence-electron chi connectivity index (χ1n) is 6.79. The Bertz CT molecular complexity index is 710. The van der Waals surface area contributed by atoms with Crippen molar-refractivity contribution >= 4 is 11.3 Å². The van der Waals surface area contributed by atoms with E-state index in [0.717, 1.165) is 22.0 Å². The first kappa shape index (κ1) is 13.9. The van der Waals surface area contributed by atoms with Crippen LogP contribution >= 0.6 is 11.3 Å². The minimum atomic E-state index is 0.232. The minimum absolute atomic E-state index is 0.232. The summed E-state index contributed by atoms with van der Waals surface area (Å²) >= 11 is 1.70. The van der Waals surface area contributed by atoms with E-state index in [1.165, 1.54) is 4.88 Å². The van der Waals surface area contributed by atoms with E-state index in [-0.39, 0.29) is 6.04 Å². The maximum absolute atomic E-state index is 4.81. The summed E-state index contributed by atoms with van der Waals surface area (Å²) in [7, 11) is 1.96.